The zero-order chi connectivity index (χ0) is 17.1. The zero-order valence-electron chi connectivity index (χ0n) is 13.7. The molecule has 0 unspecified atom stereocenters. The molecule has 2 aromatic heterocycles. The van der Waals surface area contributed by atoms with Crippen molar-refractivity contribution in [2.24, 2.45) is 0 Å². The largest absolute Gasteiger partial charge is 0.451 e. The Balaban J connectivity index is 1.58. The van der Waals surface area contributed by atoms with Gasteiger partial charge in [0, 0.05) is 17.5 Å². The topological polar surface area (TPSA) is 59.5 Å². The Bertz CT molecular complexity index is 701. The van der Waals surface area contributed by atoms with Gasteiger partial charge in [0.15, 0.2) is 12.3 Å². The summed E-state index contributed by atoms with van der Waals surface area (Å²) in [7, 11) is 0. The minimum absolute atomic E-state index is 0.128. The minimum Gasteiger partial charge on any atom is -0.451 e. The molecule has 0 N–H and O–H groups in total. The van der Waals surface area contributed by atoms with Crippen LogP contribution in [-0.4, -0.2) is 40.5 Å². The van der Waals surface area contributed by atoms with Crippen LogP contribution < -0.4 is 0 Å². The van der Waals surface area contributed by atoms with E-state index in [1.807, 2.05) is 36.3 Å². The number of thiophene rings is 1. The number of ether oxygens (including phenoxy) is 1. The van der Waals surface area contributed by atoms with Crippen molar-refractivity contribution in [3.8, 4) is 9.88 Å². The Morgan fingerprint density at radius 2 is 2.04 bits per heavy atom. The fraction of sp³-hybridized carbons (Fsp3) is 0.471. The Labute approximate surface area is 149 Å². The highest BCUT2D eigenvalue weighted by Gasteiger charge is 2.29. The monoisotopic (exact) mass is 364 g/mol. The third-order valence-electron chi connectivity index (χ3n) is 4.25. The summed E-state index contributed by atoms with van der Waals surface area (Å²) in [6.45, 7) is 3.87. The molecule has 2 aromatic rings. The number of carbonyl (C=O) groups excluding carboxylic acids is 2. The molecule has 0 bridgehead atoms. The lowest BCUT2D eigenvalue weighted by Gasteiger charge is -2.38. The molecular weight excluding hydrogens is 344 g/mol. The van der Waals surface area contributed by atoms with E-state index in [1.165, 1.54) is 11.3 Å². The minimum atomic E-state index is -0.542. The number of piperidine rings is 1. The van der Waals surface area contributed by atoms with Crippen LogP contribution >= 0.6 is 22.7 Å². The summed E-state index contributed by atoms with van der Waals surface area (Å²) >= 11 is 2.98. The SMILES string of the molecule is C[C@@H]1CCC[C@@H](C)N1C(=O)COC(=O)c1csc(-c2cccs2)n1. The van der Waals surface area contributed by atoms with Crippen LogP contribution in [0.2, 0.25) is 0 Å². The number of esters is 1. The molecule has 1 amide bonds. The van der Waals surface area contributed by atoms with Crippen LogP contribution in [0.1, 0.15) is 43.6 Å². The highest BCUT2D eigenvalue weighted by Crippen LogP contribution is 2.28. The molecule has 1 aliphatic heterocycles. The predicted octanol–water partition coefficient (Wildman–Crippen LogP) is 3.82. The number of nitrogens with zero attached hydrogens (tertiary/aromatic N) is 2. The van der Waals surface area contributed by atoms with Crippen LogP contribution in [0.5, 0.6) is 0 Å². The van der Waals surface area contributed by atoms with Crippen molar-refractivity contribution in [3.05, 3.63) is 28.6 Å². The van der Waals surface area contributed by atoms with Gasteiger partial charge in [0.2, 0.25) is 0 Å². The Morgan fingerprint density at radius 1 is 1.29 bits per heavy atom. The van der Waals surface area contributed by atoms with Gasteiger partial charge in [-0.3, -0.25) is 4.79 Å². The van der Waals surface area contributed by atoms with Gasteiger partial charge in [-0.2, -0.15) is 0 Å². The maximum Gasteiger partial charge on any atom is 0.358 e. The molecular formula is C17H20N2O3S2. The van der Waals surface area contributed by atoms with E-state index in [4.69, 9.17) is 4.74 Å². The van der Waals surface area contributed by atoms with Gasteiger partial charge >= 0.3 is 5.97 Å². The number of aromatic nitrogens is 1. The van der Waals surface area contributed by atoms with E-state index in [1.54, 1.807) is 16.7 Å². The highest BCUT2D eigenvalue weighted by molar-refractivity contribution is 7.20. The number of carbonyl (C=O) groups is 2. The zero-order valence-corrected chi connectivity index (χ0v) is 15.4. The molecule has 2 atom stereocenters. The summed E-state index contributed by atoms with van der Waals surface area (Å²) in [5.74, 6) is -0.670. The average Bonchev–Trinajstić information content (AvgIpc) is 3.23. The standard InChI is InChI=1S/C17H20N2O3S2/c1-11-5-3-6-12(2)19(11)15(20)9-22-17(21)13-10-24-16(18-13)14-7-4-8-23-14/h4,7-8,10-12H,3,5-6,9H2,1-2H3/t11-,12-/m1/s1. The van der Waals surface area contributed by atoms with Crippen molar-refractivity contribution in [3.63, 3.8) is 0 Å². The van der Waals surface area contributed by atoms with Crippen LogP contribution in [-0.2, 0) is 9.53 Å². The van der Waals surface area contributed by atoms with Crippen molar-refractivity contribution < 1.29 is 14.3 Å². The molecule has 0 aliphatic carbocycles. The van der Waals surface area contributed by atoms with Crippen LogP contribution in [0, 0.1) is 0 Å². The highest BCUT2D eigenvalue weighted by atomic mass is 32.1. The van der Waals surface area contributed by atoms with E-state index < -0.39 is 5.97 Å². The third-order valence-corrected chi connectivity index (χ3v) is 6.13. The van der Waals surface area contributed by atoms with Gasteiger partial charge in [-0.25, -0.2) is 9.78 Å². The molecule has 24 heavy (non-hydrogen) atoms. The van der Waals surface area contributed by atoms with Gasteiger partial charge in [0.1, 0.15) is 5.01 Å². The number of amides is 1. The molecule has 1 aliphatic rings. The lowest BCUT2D eigenvalue weighted by molar-refractivity contribution is -0.140. The van der Waals surface area contributed by atoms with E-state index in [-0.39, 0.29) is 30.3 Å². The molecule has 1 saturated heterocycles. The summed E-state index contributed by atoms with van der Waals surface area (Å²) in [5.41, 5.74) is 0.260. The van der Waals surface area contributed by atoms with Crippen LogP contribution in [0.3, 0.4) is 0 Å². The Hall–Kier alpha value is -1.73. The first-order chi connectivity index (χ1) is 11.6. The van der Waals surface area contributed by atoms with Crippen LogP contribution in [0.15, 0.2) is 22.9 Å². The smallest absolute Gasteiger partial charge is 0.358 e. The van der Waals surface area contributed by atoms with Crippen LogP contribution in [0.4, 0.5) is 0 Å². The van der Waals surface area contributed by atoms with Gasteiger partial charge in [-0.05, 0) is 44.6 Å². The third kappa shape index (κ3) is 3.67. The molecule has 3 heterocycles. The van der Waals surface area contributed by atoms with Gasteiger partial charge < -0.3 is 9.64 Å². The van der Waals surface area contributed by atoms with E-state index in [9.17, 15) is 9.59 Å². The lowest BCUT2D eigenvalue weighted by Crippen LogP contribution is -2.49. The molecule has 3 rings (SSSR count). The number of rotatable bonds is 4. The van der Waals surface area contributed by atoms with Crippen molar-refractivity contribution in [1.29, 1.82) is 0 Å². The maximum absolute atomic E-state index is 12.4. The fourth-order valence-corrected chi connectivity index (χ4v) is 4.67. The first kappa shape index (κ1) is 17.1. The average molecular weight is 364 g/mol. The normalized spacial score (nSPS) is 20.8. The van der Waals surface area contributed by atoms with Crippen molar-refractivity contribution in [1.82, 2.24) is 9.88 Å². The van der Waals surface area contributed by atoms with Gasteiger partial charge in [0.25, 0.3) is 5.91 Å². The Kier molecular flexibility index (Phi) is 5.30. The summed E-state index contributed by atoms with van der Waals surface area (Å²) in [5, 5.41) is 4.43. The van der Waals surface area contributed by atoms with Gasteiger partial charge in [0.05, 0.1) is 4.88 Å². The first-order valence-corrected chi connectivity index (χ1v) is 9.80. The lowest BCUT2D eigenvalue weighted by atomic mass is 9.97. The first-order valence-electron chi connectivity index (χ1n) is 8.04. The summed E-state index contributed by atoms with van der Waals surface area (Å²) in [6.07, 6.45) is 3.14. The second-order valence-corrected chi connectivity index (χ2v) is 7.83. The van der Waals surface area contributed by atoms with E-state index >= 15 is 0 Å². The quantitative estimate of drug-likeness (QED) is 0.774. The number of hydrogen-bond acceptors (Lipinski definition) is 6. The molecule has 1 fully saturated rings. The van der Waals surface area contributed by atoms with Gasteiger partial charge in [-0.15, -0.1) is 22.7 Å². The van der Waals surface area contributed by atoms with Crippen molar-refractivity contribution >= 4 is 34.6 Å². The molecule has 0 saturated carbocycles. The molecule has 0 aromatic carbocycles. The maximum atomic E-state index is 12.4. The number of hydrogen-bond donors (Lipinski definition) is 0. The molecule has 0 radical (unpaired) electrons. The Morgan fingerprint density at radius 3 is 2.71 bits per heavy atom. The summed E-state index contributed by atoms with van der Waals surface area (Å²) in [4.78, 5) is 31.7. The fourth-order valence-electron chi connectivity index (χ4n) is 3.07. The molecule has 7 heteroatoms. The number of likely N-dealkylation sites (tertiary alicyclic amines) is 1. The summed E-state index contributed by atoms with van der Waals surface area (Å²) < 4.78 is 5.19. The van der Waals surface area contributed by atoms with Gasteiger partial charge in [-0.1, -0.05) is 6.07 Å². The van der Waals surface area contributed by atoms with Crippen LogP contribution in [0.25, 0.3) is 9.88 Å². The van der Waals surface area contributed by atoms with E-state index in [0.29, 0.717) is 0 Å². The molecule has 5 nitrogen and oxygen atoms in total. The summed E-state index contributed by atoms with van der Waals surface area (Å²) in [6, 6.07) is 4.30. The second kappa shape index (κ2) is 7.44. The molecule has 128 valence electrons. The van der Waals surface area contributed by atoms with Crippen molar-refractivity contribution in [2.75, 3.05) is 6.61 Å². The van der Waals surface area contributed by atoms with Crippen molar-refractivity contribution in [2.45, 2.75) is 45.2 Å². The van der Waals surface area contributed by atoms with E-state index in [0.717, 1.165) is 29.1 Å². The molecule has 0 spiro atoms. The number of thiazole rings is 1. The predicted molar refractivity (Wildman–Crippen MR) is 95.3 cm³/mol. The second-order valence-electron chi connectivity index (χ2n) is 6.02. The van der Waals surface area contributed by atoms with E-state index in [2.05, 4.69) is 4.98 Å².